The van der Waals surface area contributed by atoms with E-state index < -0.39 is 7.32 Å². The van der Waals surface area contributed by atoms with Crippen molar-refractivity contribution in [3.63, 3.8) is 0 Å². The highest BCUT2D eigenvalue weighted by Gasteiger charge is 2.12. The molecule has 0 fully saturated rings. The molecule has 0 atom stereocenters. The number of nitrogens with zero attached hydrogens (tertiary/aromatic N) is 2. The van der Waals surface area contributed by atoms with Crippen molar-refractivity contribution in [3.8, 4) is 11.3 Å². The van der Waals surface area contributed by atoms with Gasteiger partial charge in [0.1, 0.15) is 0 Å². The van der Waals surface area contributed by atoms with E-state index in [2.05, 4.69) is 9.85 Å². The zero-order valence-corrected chi connectivity index (χ0v) is 9.97. The minimum atomic E-state index is -1.88. The Balaban J connectivity index is 1.97. The average molecular weight is 254 g/mol. The normalized spacial score (nSPS) is 10.6. The van der Waals surface area contributed by atoms with Gasteiger partial charge in [0, 0.05) is 5.56 Å². The van der Waals surface area contributed by atoms with Crippen LogP contribution in [0, 0.1) is 0 Å². The predicted octanol–water partition coefficient (Wildman–Crippen LogP) is 1.10. The van der Waals surface area contributed by atoms with Crippen LogP contribution in [0.1, 0.15) is 0 Å². The van der Waals surface area contributed by atoms with Crippen LogP contribution in [0.4, 0.5) is 0 Å². The number of hydrogen-bond acceptors (Lipinski definition) is 4. The minimum absolute atomic E-state index is 0.700. The minimum Gasteiger partial charge on any atom is -0.405 e. The summed E-state index contributed by atoms with van der Waals surface area (Å²) in [7, 11) is -1.88. The maximum Gasteiger partial charge on any atom is 0.729 e. The van der Waals surface area contributed by atoms with Gasteiger partial charge in [-0.2, -0.15) is 0 Å². The molecule has 1 heterocycles. The fraction of sp³-hybridized carbons (Fsp3) is 0. The first-order valence-electron chi connectivity index (χ1n) is 5.80. The van der Waals surface area contributed by atoms with Crippen molar-refractivity contribution >= 4 is 18.1 Å². The van der Waals surface area contributed by atoms with Gasteiger partial charge in [0.05, 0.1) is 11.9 Å². The van der Waals surface area contributed by atoms with E-state index in [1.165, 1.54) is 6.20 Å². The van der Waals surface area contributed by atoms with Crippen LogP contribution in [0.25, 0.3) is 22.0 Å². The van der Waals surface area contributed by atoms with Crippen LogP contribution in [0.5, 0.6) is 0 Å². The summed E-state index contributed by atoms with van der Waals surface area (Å²) in [5.41, 5.74) is 1.64. The molecule has 0 aliphatic carbocycles. The molecule has 0 aliphatic heterocycles. The molecule has 2 aromatic carbocycles. The third-order valence-electron chi connectivity index (χ3n) is 2.81. The Morgan fingerprint density at radius 3 is 2.58 bits per heavy atom. The van der Waals surface area contributed by atoms with Gasteiger partial charge in [-0.15, -0.1) is 9.94 Å². The number of hydrogen-bond donors (Lipinski definition) is 2. The lowest BCUT2D eigenvalue weighted by Gasteiger charge is -2.03. The van der Waals surface area contributed by atoms with Gasteiger partial charge in [0.15, 0.2) is 0 Å². The summed E-state index contributed by atoms with van der Waals surface area (Å²) in [5, 5.41) is 23.8. The Bertz CT molecular complexity index is 712. The lowest BCUT2D eigenvalue weighted by molar-refractivity contribution is 0.141. The van der Waals surface area contributed by atoms with Crippen LogP contribution < -0.4 is 4.76 Å². The first kappa shape index (κ1) is 11.8. The molecule has 94 valence electrons. The van der Waals surface area contributed by atoms with E-state index in [1.807, 2.05) is 42.5 Å². The van der Waals surface area contributed by atoms with E-state index in [-0.39, 0.29) is 0 Å². The van der Waals surface area contributed by atoms with Gasteiger partial charge in [0.25, 0.3) is 0 Å². The van der Waals surface area contributed by atoms with Crippen molar-refractivity contribution in [1.82, 2.24) is 9.94 Å². The van der Waals surface area contributed by atoms with Gasteiger partial charge in [-0.1, -0.05) is 36.4 Å². The quantitative estimate of drug-likeness (QED) is 0.687. The molecular formula is C13H11BN2O3. The second-order valence-corrected chi connectivity index (χ2v) is 4.10. The van der Waals surface area contributed by atoms with Gasteiger partial charge >= 0.3 is 7.32 Å². The Morgan fingerprint density at radius 1 is 1.00 bits per heavy atom. The smallest absolute Gasteiger partial charge is 0.405 e. The van der Waals surface area contributed by atoms with Gasteiger partial charge in [-0.05, 0) is 22.9 Å². The molecule has 0 spiro atoms. The van der Waals surface area contributed by atoms with Crippen LogP contribution in [0.2, 0.25) is 0 Å². The lowest BCUT2D eigenvalue weighted by atomic mass is 10.1. The van der Waals surface area contributed by atoms with Gasteiger partial charge in [-0.3, -0.25) is 0 Å². The zero-order valence-electron chi connectivity index (χ0n) is 9.97. The van der Waals surface area contributed by atoms with E-state index >= 15 is 0 Å². The maximum absolute atomic E-state index is 8.70. The summed E-state index contributed by atoms with van der Waals surface area (Å²) in [6.45, 7) is 0. The molecule has 19 heavy (non-hydrogen) atoms. The third kappa shape index (κ3) is 2.45. The number of aromatic nitrogens is 2. The van der Waals surface area contributed by atoms with E-state index in [1.54, 1.807) is 6.07 Å². The van der Waals surface area contributed by atoms with Crippen molar-refractivity contribution in [2.24, 2.45) is 0 Å². The Labute approximate surface area is 109 Å². The van der Waals surface area contributed by atoms with Crippen LogP contribution in [0.15, 0.2) is 54.7 Å². The molecule has 5 nitrogen and oxygen atoms in total. The molecule has 0 amide bonds. The van der Waals surface area contributed by atoms with E-state index in [4.69, 9.17) is 10.0 Å². The molecule has 0 aliphatic rings. The molecule has 3 rings (SSSR count). The van der Waals surface area contributed by atoms with Crippen molar-refractivity contribution in [1.29, 1.82) is 0 Å². The number of rotatable bonds is 3. The predicted molar refractivity (Wildman–Crippen MR) is 71.9 cm³/mol. The number of fused-ring (bicyclic) bond motifs is 1. The third-order valence-corrected chi connectivity index (χ3v) is 2.81. The Morgan fingerprint density at radius 2 is 1.79 bits per heavy atom. The largest absolute Gasteiger partial charge is 0.729 e. The standard InChI is InChI=1S/C13H11BN2O3/c17-14(18)19-16-8-7-13(15-16)12-6-5-10-3-1-2-4-11(10)9-12/h1-9,17-18H. The van der Waals surface area contributed by atoms with Crippen molar-refractivity contribution < 1.29 is 14.8 Å². The van der Waals surface area contributed by atoms with Gasteiger partial charge < -0.3 is 14.8 Å². The summed E-state index contributed by atoms with van der Waals surface area (Å²) >= 11 is 0. The second kappa shape index (κ2) is 4.76. The summed E-state index contributed by atoms with van der Waals surface area (Å²) < 4.78 is 4.62. The SMILES string of the molecule is OB(O)On1ccc(-c2ccc3ccccc3c2)n1. The Hall–Kier alpha value is -2.31. The highest BCUT2D eigenvalue weighted by Crippen LogP contribution is 2.22. The molecule has 0 radical (unpaired) electrons. The van der Waals surface area contributed by atoms with Crippen LogP contribution in [0.3, 0.4) is 0 Å². The first-order valence-corrected chi connectivity index (χ1v) is 5.80. The lowest BCUT2D eigenvalue weighted by Crippen LogP contribution is -2.29. The van der Waals surface area contributed by atoms with E-state index in [0.29, 0.717) is 5.69 Å². The topological polar surface area (TPSA) is 67.5 Å². The summed E-state index contributed by atoms with van der Waals surface area (Å²) in [4.78, 5) is 1.02. The van der Waals surface area contributed by atoms with Crippen molar-refractivity contribution in [3.05, 3.63) is 54.7 Å². The van der Waals surface area contributed by atoms with E-state index in [0.717, 1.165) is 21.2 Å². The highest BCUT2D eigenvalue weighted by atomic mass is 16.7. The summed E-state index contributed by atoms with van der Waals surface area (Å²) in [6, 6.07) is 15.8. The van der Waals surface area contributed by atoms with Crippen LogP contribution in [-0.4, -0.2) is 27.3 Å². The molecule has 0 saturated heterocycles. The molecule has 1 aromatic heterocycles. The summed E-state index contributed by atoms with van der Waals surface area (Å²) in [6.07, 6.45) is 1.52. The molecule has 3 aromatic rings. The monoisotopic (exact) mass is 254 g/mol. The second-order valence-electron chi connectivity index (χ2n) is 4.10. The maximum atomic E-state index is 8.70. The molecule has 2 N–H and O–H groups in total. The summed E-state index contributed by atoms with van der Waals surface area (Å²) in [5.74, 6) is 0. The fourth-order valence-electron chi connectivity index (χ4n) is 1.97. The van der Waals surface area contributed by atoms with E-state index in [9.17, 15) is 0 Å². The molecular weight excluding hydrogens is 243 g/mol. The molecule has 0 bridgehead atoms. The Kier molecular flexibility index (Phi) is 2.95. The highest BCUT2D eigenvalue weighted by molar-refractivity contribution is 6.32. The van der Waals surface area contributed by atoms with Crippen LogP contribution in [-0.2, 0) is 0 Å². The fourth-order valence-corrected chi connectivity index (χ4v) is 1.97. The van der Waals surface area contributed by atoms with Crippen LogP contribution >= 0.6 is 0 Å². The van der Waals surface area contributed by atoms with Crippen molar-refractivity contribution in [2.75, 3.05) is 0 Å². The average Bonchev–Trinajstić information content (AvgIpc) is 2.86. The first-order chi connectivity index (χ1) is 9.22. The van der Waals surface area contributed by atoms with Gasteiger partial charge in [0.2, 0.25) is 0 Å². The molecule has 6 heteroatoms. The number of benzene rings is 2. The van der Waals surface area contributed by atoms with Crippen molar-refractivity contribution in [2.45, 2.75) is 0 Å². The molecule has 0 saturated carbocycles. The molecule has 0 unspecified atom stereocenters. The van der Waals surface area contributed by atoms with Gasteiger partial charge in [-0.25, -0.2) is 0 Å². The zero-order chi connectivity index (χ0) is 13.2.